The molecule has 1 aromatic carbocycles. The van der Waals surface area contributed by atoms with E-state index in [1.807, 2.05) is 13.8 Å². The zero-order chi connectivity index (χ0) is 13.5. The molecule has 0 aliphatic heterocycles. The highest BCUT2D eigenvalue weighted by Gasteiger charge is 2.16. The maximum absolute atomic E-state index is 11.7. The van der Waals surface area contributed by atoms with Crippen molar-refractivity contribution < 1.29 is 9.53 Å². The normalized spacial score (nSPS) is 12.0. The van der Waals surface area contributed by atoms with E-state index in [2.05, 4.69) is 37.4 Å². The Hall–Kier alpha value is -1.51. The molecule has 0 aromatic heterocycles. The molecule has 0 saturated carbocycles. The van der Waals surface area contributed by atoms with Crippen LogP contribution in [0.4, 0.5) is 5.69 Å². The number of hydrogen-bond donors (Lipinski definition) is 1. The zero-order valence-corrected chi connectivity index (χ0v) is 11.7. The van der Waals surface area contributed by atoms with E-state index < -0.39 is 0 Å². The molecule has 1 aromatic rings. The Bertz CT molecular complexity index is 379. The molecule has 0 saturated heterocycles. The first-order chi connectivity index (χ1) is 8.63. The highest BCUT2D eigenvalue weighted by Crippen LogP contribution is 2.23. The van der Waals surface area contributed by atoms with Crippen LogP contribution in [-0.2, 0) is 22.4 Å². The molecule has 0 fully saturated rings. The van der Waals surface area contributed by atoms with Crippen LogP contribution in [0.15, 0.2) is 18.2 Å². The van der Waals surface area contributed by atoms with Crippen molar-refractivity contribution in [1.82, 2.24) is 0 Å². The smallest absolute Gasteiger partial charge is 0.328 e. The molecule has 3 nitrogen and oxygen atoms in total. The zero-order valence-electron chi connectivity index (χ0n) is 11.7. The van der Waals surface area contributed by atoms with Gasteiger partial charge in [0.1, 0.15) is 6.04 Å². The number of anilines is 1. The minimum absolute atomic E-state index is 0.203. The van der Waals surface area contributed by atoms with Gasteiger partial charge in [-0.25, -0.2) is 4.79 Å². The van der Waals surface area contributed by atoms with Gasteiger partial charge in [0.2, 0.25) is 0 Å². The van der Waals surface area contributed by atoms with E-state index in [-0.39, 0.29) is 12.0 Å². The highest BCUT2D eigenvalue weighted by molar-refractivity contribution is 5.79. The van der Waals surface area contributed by atoms with Crippen molar-refractivity contribution in [2.24, 2.45) is 0 Å². The summed E-state index contributed by atoms with van der Waals surface area (Å²) in [6.07, 6.45) is 1.90. The Kier molecular flexibility index (Phi) is 5.69. The maximum atomic E-state index is 11.7. The van der Waals surface area contributed by atoms with Gasteiger partial charge in [-0.05, 0) is 37.8 Å². The second kappa shape index (κ2) is 7.04. The SMILES string of the molecule is CCOC(=O)C(C)Nc1c(CC)cccc1CC. The summed E-state index contributed by atoms with van der Waals surface area (Å²) in [5, 5.41) is 3.29. The van der Waals surface area contributed by atoms with Gasteiger partial charge < -0.3 is 10.1 Å². The van der Waals surface area contributed by atoms with E-state index in [0.717, 1.165) is 18.5 Å². The van der Waals surface area contributed by atoms with Crippen molar-refractivity contribution in [3.63, 3.8) is 0 Å². The summed E-state index contributed by atoms with van der Waals surface area (Å²) in [6, 6.07) is 5.94. The van der Waals surface area contributed by atoms with Gasteiger partial charge >= 0.3 is 5.97 Å². The lowest BCUT2D eigenvalue weighted by Crippen LogP contribution is -2.29. The monoisotopic (exact) mass is 249 g/mol. The van der Waals surface area contributed by atoms with Crippen molar-refractivity contribution in [1.29, 1.82) is 0 Å². The quantitative estimate of drug-likeness (QED) is 0.787. The summed E-state index contributed by atoms with van der Waals surface area (Å²) in [6.45, 7) is 8.32. The van der Waals surface area contributed by atoms with E-state index in [9.17, 15) is 4.79 Å². The largest absolute Gasteiger partial charge is 0.464 e. The van der Waals surface area contributed by atoms with Crippen LogP contribution in [0.5, 0.6) is 0 Å². The van der Waals surface area contributed by atoms with Gasteiger partial charge in [-0.15, -0.1) is 0 Å². The topological polar surface area (TPSA) is 38.3 Å². The van der Waals surface area contributed by atoms with Gasteiger partial charge in [-0.1, -0.05) is 32.0 Å². The molecule has 18 heavy (non-hydrogen) atoms. The maximum Gasteiger partial charge on any atom is 0.328 e. The van der Waals surface area contributed by atoms with Crippen LogP contribution in [-0.4, -0.2) is 18.6 Å². The van der Waals surface area contributed by atoms with Gasteiger partial charge in [0, 0.05) is 5.69 Å². The second-order valence-electron chi connectivity index (χ2n) is 4.28. The number of aryl methyl sites for hydroxylation is 2. The second-order valence-corrected chi connectivity index (χ2v) is 4.28. The van der Waals surface area contributed by atoms with Crippen LogP contribution in [0.25, 0.3) is 0 Å². The highest BCUT2D eigenvalue weighted by atomic mass is 16.5. The third-order valence-electron chi connectivity index (χ3n) is 3.00. The Balaban J connectivity index is 2.91. The lowest BCUT2D eigenvalue weighted by atomic mass is 10.0. The lowest BCUT2D eigenvalue weighted by Gasteiger charge is -2.19. The van der Waals surface area contributed by atoms with Crippen molar-refractivity contribution >= 4 is 11.7 Å². The molecule has 1 rings (SSSR count). The Morgan fingerprint density at radius 1 is 1.22 bits per heavy atom. The van der Waals surface area contributed by atoms with Crippen molar-refractivity contribution in [2.75, 3.05) is 11.9 Å². The first kappa shape index (κ1) is 14.6. The van der Waals surface area contributed by atoms with Gasteiger partial charge in [0.25, 0.3) is 0 Å². The summed E-state index contributed by atoms with van der Waals surface area (Å²) < 4.78 is 5.02. The molecular formula is C15H23NO2. The molecule has 1 unspecified atom stereocenters. The molecule has 0 aliphatic carbocycles. The van der Waals surface area contributed by atoms with Gasteiger partial charge in [0.05, 0.1) is 6.61 Å². The van der Waals surface area contributed by atoms with Crippen LogP contribution < -0.4 is 5.32 Å². The average Bonchev–Trinajstić information content (AvgIpc) is 2.39. The summed E-state index contributed by atoms with van der Waals surface area (Å²) in [7, 11) is 0. The van der Waals surface area contributed by atoms with Crippen LogP contribution in [0.2, 0.25) is 0 Å². The average molecular weight is 249 g/mol. The van der Waals surface area contributed by atoms with E-state index in [1.54, 1.807) is 0 Å². The third-order valence-corrected chi connectivity index (χ3v) is 3.00. The molecule has 0 spiro atoms. The van der Waals surface area contributed by atoms with Gasteiger partial charge in [-0.2, -0.15) is 0 Å². The van der Waals surface area contributed by atoms with E-state index in [0.29, 0.717) is 6.61 Å². The van der Waals surface area contributed by atoms with Crippen molar-refractivity contribution in [3.05, 3.63) is 29.3 Å². The van der Waals surface area contributed by atoms with Crippen molar-refractivity contribution in [3.8, 4) is 0 Å². The number of carbonyl (C=O) groups is 1. The molecule has 3 heteroatoms. The fourth-order valence-electron chi connectivity index (χ4n) is 1.97. The van der Waals surface area contributed by atoms with E-state index in [1.165, 1.54) is 11.1 Å². The predicted molar refractivity (Wildman–Crippen MR) is 74.9 cm³/mol. The summed E-state index contributed by atoms with van der Waals surface area (Å²) in [4.78, 5) is 11.7. The predicted octanol–water partition coefficient (Wildman–Crippen LogP) is 3.17. The Morgan fingerprint density at radius 2 is 1.78 bits per heavy atom. The van der Waals surface area contributed by atoms with Crippen molar-refractivity contribution in [2.45, 2.75) is 46.6 Å². The minimum atomic E-state index is -0.317. The molecule has 0 heterocycles. The molecular weight excluding hydrogens is 226 g/mol. The van der Waals surface area contributed by atoms with Crippen LogP contribution >= 0.6 is 0 Å². The first-order valence-electron chi connectivity index (χ1n) is 6.67. The molecule has 0 bridgehead atoms. The number of esters is 1. The molecule has 1 atom stereocenters. The summed E-state index contributed by atoms with van der Waals surface area (Å²) >= 11 is 0. The van der Waals surface area contributed by atoms with Gasteiger partial charge in [-0.3, -0.25) is 0 Å². The lowest BCUT2D eigenvalue weighted by molar-refractivity contribution is -0.143. The molecule has 100 valence electrons. The number of carbonyl (C=O) groups excluding carboxylic acids is 1. The third kappa shape index (κ3) is 3.49. The fourth-order valence-corrected chi connectivity index (χ4v) is 1.97. The van der Waals surface area contributed by atoms with Crippen LogP contribution in [0, 0.1) is 0 Å². The number of para-hydroxylation sites is 1. The van der Waals surface area contributed by atoms with Crippen LogP contribution in [0.1, 0.15) is 38.8 Å². The van der Waals surface area contributed by atoms with Gasteiger partial charge in [0.15, 0.2) is 0 Å². The fraction of sp³-hybridized carbons (Fsp3) is 0.533. The number of ether oxygens (including phenoxy) is 1. The molecule has 0 aliphatic rings. The molecule has 0 amide bonds. The molecule has 1 N–H and O–H groups in total. The number of hydrogen-bond acceptors (Lipinski definition) is 3. The van der Waals surface area contributed by atoms with E-state index in [4.69, 9.17) is 4.74 Å². The Morgan fingerprint density at radius 3 is 2.22 bits per heavy atom. The number of nitrogens with one attached hydrogen (secondary N) is 1. The number of rotatable bonds is 6. The summed E-state index contributed by atoms with van der Waals surface area (Å²) in [5.41, 5.74) is 3.57. The first-order valence-corrected chi connectivity index (χ1v) is 6.67. The van der Waals surface area contributed by atoms with Crippen LogP contribution in [0.3, 0.4) is 0 Å². The summed E-state index contributed by atoms with van der Waals surface area (Å²) in [5.74, 6) is -0.203. The van der Waals surface area contributed by atoms with E-state index >= 15 is 0 Å². The number of benzene rings is 1. The Labute approximate surface area is 110 Å². The minimum Gasteiger partial charge on any atom is -0.464 e. The molecule has 0 radical (unpaired) electrons. The standard InChI is InChI=1S/C15H23NO2/c1-5-12-9-8-10-13(6-2)14(12)16-11(4)15(17)18-7-3/h8-11,16H,5-7H2,1-4H3.